The molecule has 0 radical (unpaired) electrons. The average Bonchev–Trinajstić information content (AvgIpc) is 3.55. The third-order valence-electron chi connectivity index (χ3n) is 5.56. The first-order valence-corrected chi connectivity index (χ1v) is 10.5. The molecular weight excluding hydrogens is 410 g/mol. The fraction of sp³-hybridized carbons (Fsp3) is 0.364. The van der Waals surface area contributed by atoms with Crippen molar-refractivity contribution < 1.29 is 14.3 Å². The summed E-state index contributed by atoms with van der Waals surface area (Å²) in [5.74, 6) is 1.43. The summed E-state index contributed by atoms with van der Waals surface area (Å²) >= 11 is 0. The van der Waals surface area contributed by atoms with Crippen LogP contribution in [-0.4, -0.2) is 65.2 Å². The minimum atomic E-state index is -0.0536. The maximum absolute atomic E-state index is 12.8. The van der Waals surface area contributed by atoms with Gasteiger partial charge in [-0.2, -0.15) is 15.2 Å². The smallest absolute Gasteiger partial charge is 0.254 e. The van der Waals surface area contributed by atoms with Gasteiger partial charge in [0.25, 0.3) is 5.91 Å². The molecule has 0 spiro atoms. The predicted molar refractivity (Wildman–Crippen MR) is 118 cm³/mol. The maximum atomic E-state index is 12.8. The molecule has 0 bridgehead atoms. The number of anilines is 3. The molecule has 3 heterocycles. The normalized spacial score (nSPS) is 15.9. The number of aromatic nitrogens is 3. The van der Waals surface area contributed by atoms with Crippen molar-refractivity contribution in [2.24, 2.45) is 0 Å². The Kier molecular flexibility index (Phi) is 5.25. The number of nitrogens with one attached hydrogen (secondary N) is 3. The number of carbonyl (C=O) groups is 1. The quantitative estimate of drug-likeness (QED) is 0.541. The Morgan fingerprint density at radius 3 is 2.84 bits per heavy atom. The number of nitriles is 1. The predicted octanol–water partition coefficient (Wildman–Crippen LogP) is 2.63. The van der Waals surface area contributed by atoms with Crippen LogP contribution in [0.4, 0.5) is 17.5 Å². The molecule has 3 aromatic rings. The SMILES string of the molecule is COc1cc(C(=O)N2CCOCC2)ccc1Nc1nc(NC2CC2)c2c(C#N)c[nH]c2n1. The highest BCUT2D eigenvalue weighted by atomic mass is 16.5. The number of ether oxygens (including phenoxy) is 2. The van der Waals surface area contributed by atoms with Gasteiger partial charge in [0.1, 0.15) is 23.3 Å². The van der Waals surface area contributed by atoms with Crippen molar-refractivity contribution >= 4 is 34.4 Å². The monoisotopic (exact) mass is 433 g/mol. The minimum Gasteiger partial charge on any atom is -0.495 e. The molecule has 2 fully saturated rings. The molecule has 164 valence electrons. The van der Waals surface area contributed by atoms with E-state index in [1.165, 1.54) is 0 Å². The second-order valence-electron chi connectivity index (χ2n) is 7.80. The van der Waals surface area contributed by atoms with Crippen molar-refractivity contribution in [1.29, 1.82) is 5.26 Å². The van der Waals surface area contributed by atoms with Crippen LogP contribution in [0.5, 0.6) is 5.75 Å². The van der Waals surface area contributed by atoms with E-state index in [1.54, 1.807) is 36.4 Å². The number of hydrogen-bond donors (Lipinski definition) is 3. The fourth-order valence-corrected chi connectivity index (χ4v) is 3.70. The lowest BCUT2D eigenvalue weighted by atomic mass is 10.1. The van der Waals surface area contributed by atoms with E-state index in [1.807, 2.05) is 0 Å². The average molecular weight is 433 g/mol. The number of rotatable bonds is 6. The van der Waals surface area contributed by atoms with Gasteiger partial charge in [-0.05, 0) is 31.0 Å². The highest BCUT2D eigenvalue weighted by Gasteiger charge is 2.25. The van der Waals surface area contributed by atoms with Crippen LogP contribution in [0.25, 0.3) is 11.0 Å². The van der Waals surface area contributed by atoms with E-state index in [4.69, 9.17) is 9.47 Å². The highest BCUT2D eigenvalue weighted by molar-refractivity contribution is 5.96. The largest absolute Gasteiger partial charge is 0.495 e. The Balaban J connectivity index is 1.44. The Morgan fingerprint density at radius 2 is 2.12 bits per heavy atom. The molecule has 1 amide bonds. The first kappa shape index (κ1) is 20.1. The molecule has 2 aromatic heterocycles. The van der Waals surface area contributed by atoms with Gasteiger partial charge in [-0.3, -0.25) is 4.79 Å². The second-order valence-corrected chi connectivity index (χ2v) is 7.80. The number of fused-ring (bicyclic) bond motifs is 1. The number of morpholine rings is 1. The molecule has 1 aliphatic heterocycles. The molecular formula is C22H23N7O3. The van der Waals surface area contributed by atoms with Crippen molar-refractivity contribution in [2.45, 2.75) is 18.9 Å². The number of methoxy groups -OCH3 is 1. The molecule has 32 heavy (non-hydrogen) atoms. The van der Waals surface area contributed by atoms with E-state index in [2.05, 4.69) is 31.7 Å². The number of nitrogens with zero attached hydrogens (tertiary/aromatic N) is 4. The van der Waals surface area contributed by atoms with Gasteiger partial charge in [-0.25, -0.2) is 0 Å². The summed E-state index contributed by atoms with van der Waals surface area (Å²) in [5, 5.41) is 16.7. The van der Waals surface area contributed by atoms with Crippen LogP contribution in [-0.2, 0) is 4.74 Å². The lowest BCUT2D eigenvalue weighted by molar-refractivity contribution is 0.0302. The molecule has 2 aliphatic rings. The van der Waals surface area contributed by atoms with Crippen molar-refractivity contribution in [3.63, 3.8) is 0 Å². The van der Waals surface area contributed by atoms with Crippen LogP contribution in [0.1, 0.15) is 28.8 Å². The third-order valence-corrected chi connectivity index (χ3v) is 5.56. The number of aromatic amines is 1. The molecule has 10 nitrogen and oxygen atoms in total. The molecule has 10 heteroatoms. The van der Waals surface area contributed by atoms with Gasteiger partial charge in [0, 0.05) is 30.9 Å². The molecule has 3 N–H and O–H groups in total. The second kappa shape index (κ2) is 8.36. The van der Waals surface area contributed by atoms with Gasteiger partial charge in [-0.1, -0.05) is 0 Å². The zero-order chi connectivity index (χ0) is 22.1. The van der Waals surface area contributed by atoms with Gasteiger partial charge in [0.05, 0.1) is 37.0 Å². The summed E-state index contributed by atoms with van der Waals surface area (Å²) < 4.78 is 10.9. The standard InChI is InChI=1S/C22H23N7O3/c1-31-17-10-13(21(30)29-6-8-32-9-7-29)2-5-16(17)26-22-27-19-18(14(11-23)12-24-19)20(28-22)25-15-3-4-15/h2,5,10,12,15H,3-4,6-9H2,1H3,(H3,24,25,26,27,28). The van der Waals surface area contributed by atoms with Crippen molar-refractivity contribution in [1.82, 2.24) is 19.9 Å². The summed E-state index contributed by atoms with van der Waals surface area (Å²) in [6, 6.07) is 7.79. The summed E-state index contributed by atoms with van der Waals surface area (Å²) in [6.07, 6.45) is 3.79. The summed E-state index contributed by atoms with van der Waals surface area (Å²) in [6.45, 7) is 2.25. The van der Waals surface area contributed by atoms with E-state index in [-0.39, 0.29) is 5.91 Å². The highest BCUT2D eigenvalue weighted by Crippen LogP contribution is 2.33. The number of hydrogen-bond acceptors (Lipinski definition) is 8. The van der Waals surface area contributed by atoms with Gasteiger partial charge < -0.3 is 30.0 Å². The van der Waals surface area contributed by atoms with E-state index < -0.39 is 0 Å². The third kappa shape index (κ3) is 3.90. The summed E-state index contributed by atoms with van der Waals surface area (Å²) in [7, 11) is 1.55. The number of amides is 1. The Bertz CT molecular complexity index is 1210. The van der Waals surface area contributed by atoms with Crippen molar-refractivity contribution in [2.75, 3.05) is 44.0 Å². The Labute approximate surface area is 184 Å². The van der Waals surface area contributed by atoms with Gasteiger partial charge in [-0.15, -0.1) is 0 Å². The lowest BCUT2D eigenvalue weighted by Crippen LogP contribution is -2.40. The van der Waals surface area contributed by atoms with Gasteiger partial charge in [0.2, 0.25) is 5.95 Å². The van der Waals surface area contributed by atoms with Crippen LogP contribution in [0.2, 0.25) is 0 Å². The van der Waals surface area contributed by atoms with Gasteiger partial charge >= 0.3 is 0 Å². The Hall–Kier alpha value is -3.84. The molecule has 0 unspecified atom stereocenters. The molecule has 5 rings (SSSR count). The fourth-order valence-electron chi connectivity index (χ4n) is 3.70. The number of carbonyl (C=O) groups excluding carboxylic acids is 1. The number of benzene rings is 1. The van der Waals surface area contributed by atoms with E-state index in [9.17, 15) is 10.1 Å². The summed E-state index contributed by atoms with van der Waals surface area (Å²) in [5.41, 5.74) is 2.25. The molecule has 1 saturated heterocycles. The van der Waals surface area contributed by atoms with Crippen LogP contribution >= 0.6 is 0 Å². The van der Waals surface area contributed by atoms with E-state index in [0.717, 1.165) is 12.8 Å². The van der Waals surface area contributed by atoms with E-state index in [0.29, 0.717) is 77.7 Å². The van der Waals surface area contributed by atoms with Crippen molar-refractivity contribution in [3.05, 3.63) is 35.5 Å². The van der Waals surface area contributed by atoms with Crippen LogP contribution in [0.3, 0.4) is 0 Å². The molecule has 1 saturated carbocycles. The van der Waals surface area contributed by atoms with Gasteiger partial charge in [0.15, 0.2) is 0 Å². The van der Waals surface area contributed by atoms with Crippen molar-refractivity contribution in [3.8, 4) is 11.8 Å². The van der Waals surface area contributed by atoms with E-state index >= 15 is 0 Å². The first-order valence-electron chi connectivity index (χ1n) is 10.5. The molecule has 1 aliphatic carbocycles. The Morgan fingerprint density at radius 1 is 1.31 bits per heavy atom. The number of H-pyrrole nitrogens is 1. The zero-order valence-corrected chi connectivity index (χ0v) is 17.6. The van der Waals surface area contributed by atoms with Crippen LogP contribution in [0.15, 0.2) is 24.4 Å². The summed E-state index contributed by atoms with van der Waals surface area (Å²) in [4.78, 5) is 26.8. The zero-order valence-electron chi connectivity index (χ0n) is 17.6. The van der Waals surface area contributed by atoms with Crippen LogP contribution in [0, 0.1) is 11.3 Å². The first-order chi connectivity index (χ1) is 15.7. The molecule has 1 aromatic carbocycles. The lowest BCUT2D eigenvalue weighted by Gasteiger charge is -2.27. The topological polar surface area (TPSA) is 128 Å². The maximum Gasteiger partial charge on any atom is 0.254 e. The molecule has 0 atom stereocenters. The van der Waals surface area contributed by atoms with Crippen LogP contribution < -0.4 is 15.4 Å². The minimum absolute atomic E-state index is 0.0536.